The van der Waals surface area contributed by atoms with E-state index >= 15 is 0 Å². The van der Waals surface area contributed by atoms with Crippen LogP contribution in [0.5, 0.6) is 0 Å². The van der Waals surface area contributed by atoms with Crippen molar-refractivity contribution in [2.75, 3.05) is 5.75 Å². The predicted octanol–water partition coefficient (Wildman–Crippen LogP) is 1.31. The number of benzene rings is 1. The van der Waals surface area contributed by atoms with E-state index < -0.39 is 21.2 Å². The van der Waals surface area contributed by atoms with E-state index in [1.165, 1.54) is 0 Å². The highest BCUT2D eigenvalue weighted by Gasteiger charge is 2.46. The molecule has 3 N–H and O–H groups in total. The van der Waals surface area contributed by atoms with E-state index in [9.17, 15) is 18.3 Å². The summed E-state index contributed by atoms with van der Waals surface area (Å²) < 4.78 is 24.3. The molecule has 0 aromatic heterocycles. The maximum Gasteiger partial charge on any atom is 0.304 e. The Balaban J connectivity index is 2.68. The van der Waals surface area contributed by atoms with Crippen LogP contribution in [-0.4, -0.2) is 31.3 Å². The van der Waals surface area contributed by atoms with Crippen molar-refractivity contribution in [1.29, 1.82) is 0 Å². The lowest BCUT2D eigenvalue weighted by Crippen LogP contribution is -2.50. The van der Waals surface area contributed by atoms with E-state index in [1.807, 2.05) is 6.92 Å². The van der Waals surface area contributed by atoms with E-state index in [0.29, 0.717) is 12.0 Å². The molecule has 110 valence electrons. The average molecular weight is 297 g/mol. The van der Waals surface area contributed by atoms with Gasteiger partial charge in [0.15, 0.2) is 9.84 Å². The molecule has 2 atom stereocenters. The molecule has 1 aromatic carbocycles. The van der Waals surface area contributed by atoms with Crippen molar-refractivity contribution in [2.45, 2.75) is 42.5 Å². The number of carbonyl (C=O) groups is 1. The summed E-state index contributed by atoms with van der Waals surface area (Å²) in [4.78, 5) is 11.5. The molecule has 0 bridgehead atoms. The van der Waals surface area contributed by atoms with E-state index in [0.717, 1.165) is 0 Å². The summed E-state index contributed by atoms with van der Waals surface area (Å²) in [7, 11) is -3.34. The summed E-state index contributed by atoms with van der Waals surface area (Å²) in [5, 5.41) is 9.23. The van der Waals surface area contributed by atoms with Gasteiger partial charge in [0, 0.05) is 11.5 Å². The predicted molar refractivity (Wildman–Crippen MR) is 75.3 cm³/mol. The monoisotopic (exact) mass is 297 g/mol. The minimum absolute atomic E-state index is 0.0506. The van der Waals surface area contributed by atoms with Crippen molar-refractivity contribution < 1.29 is 18.3 Å². The first-order valence-corrected chi connectivity index (χ1v) is 8.28. The molecule has 20 heavy (non-hydrogen) atoms. The van der Waals surface area contributed by atoms with Crippen molar-refractivity contribution in [3.8, 4) is 0 Å². The van der Waals surface area contributed by atoms with Crippen LogP contribution >= 0.6 is 0 Å². The number of fused-ring (bicyclic) bond motifs is 1. The smallest absolute Gasteiger partial charge is 0.304 e. The molecule has 0 fully saturated rings. The Morgan fingerprint density at radius 2 is 2.10 bits per heavy atom. The van der Waals surface area contributed by atoms with Gasteiger partial charge >= 0.3 is 5.97 Å². The molecule has 1 aromatic rings. The standard InChI is InChI=1S/C14H19NO4S/c1-2-12(15)14(9-13(16)17)7-8-20(18,19)11-6-4-3-5-10(11)14/h3-6,12H,2,7-9,15H2,1H3,(H,16,17). The van der Waals surface area contributed by atoms with E-state index in [4.69, 9.17) is 5.73 Å². The lowest BCUT2D eigenvalue weighted by molar-refractivity contribution is -0.138. The minimum Gasteiger partial charge on any atom is -0.481 e. The number of aliphatic carboxylic acids is 1. The molecule has 0 amide bonds. The summed E-state index contributed by atoms with van der Waals surface area (Å²) in [6, 6.07) is 6.26. The molecule has 2 unspecified atom stereocenters. The molecular formula is C14H19NO4S. The minimum atomic E-state index is -3.34. The fourth-order valence-corrected chi connectivity index (χ4v) is 4.82. The van der Waals surface area contributed by atoms with Gasteiger partial charge in [-0.25, -0.2) is 8.42 Å². The van der Waals surface area contributed by atoms with Gasteiger partial charge in [-0.3, -0.25) is 4.79 Å². The Morgan fingerprint density at radius 1 is 1.45 bits per heavy atom. The van der Waals surface area contributed by atoms with Crippen molar-refractivity contribution in [2.24, 2.45) is 5.73 Å². The zero-order valence-electron chi connectivity index (χ0n) is 11.4. The zero-order valence-corrected chi connectivity index (χ0v) is 12.2. The van der Waals surface area contributed by atoms with Crippen LogP contribution in [0.15, 0.2) is 29.2 Å². The second kappa shape index (κ2) is 5.18. The van der Waals surface area contributed by atoms with Gasteiger partial charge < -0.3 is 10.8 Å². The Bertz CT molecular complexity index is 626. The first-order valence-electron chi connectivity index (χ1n) is 6.63. The molecule has 1 aliphatic rings. The van der Waals surface area contributed by atoms with E-state index in [2.05, 4.69) is 0 Å². The third-order valence-corrected chi connectivity index (χ3v) is 5.96. The van der Waals surface area contributed by atoms with Gasteiger partial charge in [0.05, 0.1) is 17.1 Å². The number of rotatable bonds is 4. The number of carboxylic acid groups (broad SMARTS) is 1. The fourth-order valence-electron chi connectivity index (χ4n) is 3.07. The van der Waals surface area contributed by atoms with Crippen molar-refractivity contribution in [3.63, 3.8) is 0 Å². The Kier molecular flexibility index (Phi) is 3.88. The number of carboxylic acids is 1. The van der Waals surface area contributed by atoms with Crippen LogP contribution in [0.1, 0.15) is 31.7 Å². The van der Waals surface area contributed by atoms with Crippen molar-refractivity contribution in [3.05, 3.63) is 29.8 Å². The maximum atomic E-state index is 12.2. The van der Waals surface area contributed by atoms with E-state index in [1.54, 1.807) is 24.3 Å². The summed E-state index contributed by atoms with van der Waals surface area (Å²) in [6.45, 7) is 1.89. The second-order valence-corrected chi connectivity index (χ2v) is 7.38. The molecule has 0 saturated carbocycles. The number of nitrogens with two attached hydrogens (primary N) is 1. The largest absolute Gasteiger partial charge is 0.481 e. The summed E-state index contributed by atoms with van der Waals surface area (Å²) in [5.74, 6) is -1.01. The van der Waals surface area contributed by atoms with Gasteiger partial charge in [0.25, 0.3) is 0 Å². The third-order valence-electron chi connectivity index (χ3n) is 4.19. The van der Waals surface area contributed by atoms with Gasteiger partial charge in [0.2, 0.25) is 0 Å². The molecule has 2 rings (SSSR count). The highest BCUT2D eigenvalue weighted by atomic mass is 32.2. The molecule has 0 spiro atoms. The van der Waals surface area contributed by atoms with Crippen molar-refractivity contribution in [1.82, 2.24) is 0 Å². The molecular weight excluding hydrogens is 278 g/mol. The van der Waals surface area contributed by atoms with Gasteiger partial charge in [0.1, 0.15) is 0 Å². The second-order valence-electron chi connectivity index (χ2n) is 5.31. The maximum absolute atomic E-state index is 12.2. The van der Waals surface area contributed by atoms with Crippen LogP contribution < -0.4 is 5.73 Å². The third kappa shape index (κ3) is 2.33. The molecule has 5 nitrogen and oxygen atoms in total. The SMILES string of the molecule is CCC(N)C1(CC(=O)O)CCS(=O)(=O)c2ccccc21. The average Bonchev–Trinajstić information content (AvgIpc) is 2.41. The number of sulfone groups is 1. The topological polar surface area (TPSA) is 97.5 Å². The van der Waals surface area contributed by atoms with Gasteiger partial charge in [-0.2, -0.15) is 0 Å². The number of hydrogen-bond acceptors (Lipinski definition) is 4. The molecule has 0 aliphatic carbocycles. The van der Waals surface area contributed by atoms with Gasteiger partial charge in [-0.15, -0.1) is 0 Å². The summed E-state index contributed by atoms with van der Waals surface area (Å²) in [6.07, 6.45) is 0.712. The van der Waals surface area contributed by atoms with Crippen LogP contribution in [0, 0.1) is 0 Å². The normalized spacial score (nSPS) is 25.7. The Hall–Kier alpha value is -1.40. The summed E-state index contributed by atoms with van der Waals surface area (Å²) >= 11 is 0. The van der Waals surface area contributed by atoms with Gasteiger partial charge in [-0.05, 0) is 24.5 Å². The van der Waals surface area contributed by atoms with Gasteiger partial charge in [-0.1, -0.05) is 25.1 Å². The lowest BCUT2D eigenvalue weighted by atomic mass is 9.69. The molecule has 1 aliphatic heterocycles. The quantitative estimate of drug-likeness (QED) is 0.873. The first-order chi connectivity index (χ1) is 9.33. The lowest BCUT2D eigenvalue weighted by Gasteiger charge is -2.42. The molecule has 6 heteroatoms. The van der Waals surface area contributed by atoms with Crippen molar-refractivity contribution >= 4 is 15.8 Å². The van der Waals surface area contributed by atoms with Crippen LogP contribution in [0.4, 0.5) is 0 Å². The first kappa shape index (κ1) is 15.0. The van der Waals surface area contributed by atoms with Crippen LogP contribution in [0.2, 0.25) is 0 Å². The molecule has 0 saturated heterocycles. The number of hydrogen-bond donors (Lipinski definition) is 2. The Labute approximate surface area is 118 Å². The fraction of sp³-hybridized carbons (Fsp3) is 0.500. The highest BCUT2D eigenvalue weighted by molar-refractivity contribution is 7.91. The van der Waals surface area contributed by atoms with Crippen LogP contribution in [0.25, 0.3) is 0 Å². The molecule has 1 heterocycles. The molecule has 0 radical (unpaired) electrons. The van der Waals surface area contributed by atoms with Crippen LogP contribution in [-0.2, 0) is 20.0 Å². The van der Waals surface area contributed by atoms with Crippen LogP contribution in [0.3, 0.4) is 0 Å². The summed E-state index contributed by atoms with van der Waals surface area (Å²) in [5.41, 5.74) is 5.93. The highest BCUT2D eigenvalue weighted by Crippen LogP contribution is 2.43. The Morgan fingerprint density at radius 3 is 2.70 bits per heavy atom. The zero-order chi connectivity index (χ0) is 15.0. The van der Waals surface area contributed by atoms with E-state index in [-0.39, 0.29) is 29.5 Å².